The number of carbonyl (C=O) groups excluding carboxylic acids is 2. The van der Waals surface area contributed by atoms with Crippen LogP contribution in [0.2, 0.25) is 0 Å². The van der Waals surface area contributed by atoms with Gasteiger partial charge in [0.15, 0.2) is 5.76 Å². The molecule has 2 aliphatic heterocycles. The molecule has 5 rings (SSSR count). The lowest BCUT2D eigenvalue weighted by molar-refractivity contribution is 0.0546. The number of aryl methyl sites for hydroxylation is 1. The maximum Gasteiger partial charge on any atom is 0.289 e. The fourth-order valence-electron chi connectivity index (χ4n) is 4.24. The van der Waals surface area contributed by atoms with Gasteiger partial charge in [-0.2, -0.15) is 0 Å². The first-order valence-corrected chi connectivity index (χ1v) is 9.35. The molecule has 0 radical (unpaired) electrons. The lowest BCUT2D eigenvalue weighted by atomic mass is 10.1. The van der Waals surface area contributed by atoms with Crippen molar-refractivity contribution in [1.29, 1.82) is 0 Å². The Morgan fingerprint density at radius 1 is 1.14 bits per heavy atom. The third-order valence-corrected chi connectivity index (χ3v) is 5.57. The minimum Gasteiger partial charge on any atom is -0.456 e. The number of hydrogen-bond donors (Lipinski definition) is 0. The van der Waals surface area contributed by atoms with Crippen molar-refractivity contribution in [2.75, 3.05) is 13.1 Å². The van der Waals surface area contributed by atoms with Crippen molar-refractivity contribution >= 4 is 11.8 Å². The number of carbonyl (C=O) groups is 2. The van der Waals surface area contributed by atoms with Crippen molar-refractivity contribution in [2.24, 2.45) is 0 Å². The SMILES string of the molecule is Cc1ccc(C(=O)N2C[C@@H]3[C@@H](C2)n2cccc2C(=O)N3Cc2ccccn2)o1. The maximum atomic E-state index is 13.1. The van der Waals surface area contributed by atoms with Gasteiger partial charge in [-0.1, -0.05) is 6.07 Å². The van der Waals surface area contributed by atoms with Crippen LogP contribution >= 0.6 is 0 Å². The van der Waals surface area contributed by atoms with E-state index in [0.717, 1.165) is 5.69 Å². The zero-order chi connectivity index (χ0) is 19.3. The molecule has 3 aromatic heterocycles. The predicted octanol–water partition coefficient (Wildman–Crippen LogP) is 2.51. The number of likely N-dealkylation sites (tertiary alicyclic amines) is 1. The van der Waals surface area contributed by atoms with Crippen LogP contribution in [0.1, 0.15) is 38.5 Å². The Morgan fingerprint density at radius 3 is 2.75 bits per heavy atom. The molecule has 2 atom stereocenters. The Labute approximate surface area is 162 Å². The van der Waals surface area contributed by atoms with Crippen molar-refractivity contribution in [1.82, 2.24) is 19.4 Å². The average molecular weight is 376 g/mol. The van der Waals surface area contributed by atoms with Crippen LogP contribution in [0.4, 0.5) is 0 Å². The van der Waals surface area contributed by atoms with Crippen LogP contribution in [0.3, 0.4) is 0 Å². The molecule has 7 nitrogen and oxygen atoms in total. The molecule has 0 spiro atoms. The molecule has 0 bridgehead atoms. The summed E-state index contributed by atoms with van der Waals surface area (Å²) in [5.74, 6) is 0.882. The number of rotatable bonds is 3. The minimum atomic E-state index is -0.138. The Bertz CT molecular complexity index is 1040. The standard InChI is InChI=1S/C21H20N4O3/c1-14-7-8-19(28-14)21(27)23-12-17-18(13-23)25(11-15-5-2-3-9-22-15)20(26)16-6-4-10-24(16)17/h2-10,17-18H,11-13H2,1H3/t17-,18-/m1/s1. The normalized spacial score (nSPS) is 21.0. The van der Waals surface area contributed by atoms with Gasteiger partial charge in [-0.3, -0.25) is 14.6 Å². The van der Waals surface area contributed by atoms with Crippen LogP contribution in [0.25, 0.3) is 0 Å². The summed E-state index contributed by atoms with van der Waals surface area (Å²) in [6.07, 6.45) is 3.65. The number of furan rings is 1. The number of amides is 2. The summed E-state index contributed by atoms with van der Waals surface area (Å²) < 4.78 is 7.52. The third-order valence-electron chi connectivity index (χ3n) is 5.57. The molecule has 28 heavy (non-hydrogen) atoms. The van der Waals surface area contributed by atoms with Gasteiger partial charge in [-0.05, 0) is 43.3 Å². The van der Waals surface area contributed by atoms with Gasteiger partial charge >= 0.3 is 0 Å². The lowest BCUT2D eigenvalue weighted by Crippen LogP contribution is -2.50. The van der Waals surface area contributed by atoms with E-state index < -0.39 is 0 Å². The zero-order valence-corrected chi connectivity index (χ0v) is 15.5. The van der Waals surface area contributed by atoms with E-state index in [-0.39, 0.29) is 23.9 Å². The Hall–Kier alpha value is -3.35. The average Bonchev–Trinajstić information content (AvgIpc) is 3.44. The highest BCUT2D eigenvalue weighted by Crippen LogP contribution is 2.35. The van der Waals surface area contributed by atoms with Crippen molar-refractivity contribution in [2.45, 2.75) is 25.6 Å². The summed E-state index contributed by atoms with van der Waals surface area (Å²) in [7, 11) is 0. The van der Waals surface area contributed by atoms with Crippen LogP contribution < -0.4 is 0 Å². The number of nitrogens with zero attached hydrogens (tertiary/aromatic N) is 4. The van der Waals surface area contributed by atoms with Gasteiger partial charge in [-0.15, -0.1) is 0 Å². The highest BCUT2D eigenvalue weighted by Gasteiger charge is 2.46. The molecular formula is C21H20N4O3. The van der Waals surface area contributed by atoms with Crippen LogP contribution in [0.15, 0.2) is 59.3 Å². The summed E-state index contributed by atoms with van der Waals surface area (Å²) >= 11 is 0. The van der Waals surface area contributed by atoms with Crippen LogP contribution in [0.5, 0.6) is 0 Å². The fraction of sp³-hybridized carbons (Fsp3) is 0.286. The van der Waals surface area contributed by atoms with Gasteiger partial charge in [0.05, 0.1) is 24.3 Å². The van der Waals surface area contributed by atoms with E-state index in [1.807, 2.05) is 52.9 Å². The minimum absolute atomic E-state index is 0.0198. The monoisotopic (exact) mass is 376 g/mol. The lowest BCUT2D eigenvalue weighted by Gasteiger charge is -2.37. The molecule has 0 unspecified atom stereocenters. The molecule has 2 amide bonds. The molecule has 0 aromatic carbocycles. The molecule has 142 valence electrons. The molecule has 0 saturated carbocycles. The molecule has 3 aromatic rings. The second kappa shape index (κ2) is 6.37. The van der Waals surface area contributed by atoms with Crippen molar-refractivity contribution in [3.63, 3.8) is 0 Å². The number of fused-ring (bicyclic) bond motifs is 3. The van der Waals surface area contributed by atoms with E-state index >= 15 is 0 Å². The molecule has 1 saturated heterocycles. The van der Waals surface area contributed by atoms with Crippen LogP contribution in [-0.2, 0) is 6.54 Å². The van der Waals surface area contributed by atoms with Crippen LogP contribution in [0, 0.1) is 6.92 Å². The second-order valence-electron chi connectivity index (χ2n) is 7.31. The Balaban J connectivity index is 1.47. The smallest absolute Gasteiger partial charge is 0.289 e. The van der Waals surface area contributed by atoms with Gasteiger partial charge in [0.1, 0.15) is 11.5 Å². The fourth-order valence-corrected chi connectivity index (χ4v) is 4.24. The summed E-state index contributed by atoms with van der Waals surface area (Å²) in [6.45, 7) is 3.25. The van der Waals surface area contributed by atoms with E-state index in [2.05, 4.69) is 4.98 Å². The van der Waals surface area contributed by atoms with Crippen molar-refractivity contribution in [3.05, 3.63) is 77.8 Å². The summed E-state index contributed by atoms with van der Waals surface area (Å²) in [5, 5.41) is 0. The van der Waals surface area contributed by atoms with Gasteiger partial charge in [0.2, 0.25) is 0 Å². The molecule has 5 heterocycles. The van der Waals surface area contributed by atoms with E-state index in [1.165, 1.54) is 0 Å². The Morgan fingerprint density at radius 2 is 2.00 bits per heavy atom. The highest BCUT2D eigenvalue weighted by atomic mass is 16.3. The second-order valence-corrected chi connectivity index (χ2v) is 7.31. The van der Waals surface area contributed by atoms with Gasteiger partial charge < -0.3 is 18.8 Å². The van der Waals surface area contributed by atoms with Gasteiger partial charge in [0, 0.05) is 25.5 Å². The van der Waals surface area contributed by atoms with E-state index in [0.29, 0.717) is 36.8 Å². The number of aromatic nitrogens is 2. The van der Waals surface area contributed by atoms with Crippen molar-refractivity contribution < 1.29 is 14.0 Å². The van der Waals surface area contributed by atoms with E-state index in [9.17, 15) is 9.59 Å². The predicted molar refractivity (Wildman–Crippen MR) is 101 cm³/mol. The first kappa shape index (κ1) is 16.8. The van der Waals surface area contributed by atoms with Crippen molar-refractivity contribution in [3.8, 4) is 0 Å². The van der Waals surface area contributed by atoms with E-state index in [1.54, 1.807) is 23.2 Å². The Kier molecular flexibility index (Phi) is 3.82. The summed E-state index contributed by atoms with van der Waals surface area (Å²) in [6, 6.07) is 12.8. The quantitative estimate of drug-likeness (QED) is 0.704. The first-order chi connectivity index (χ1) is 13.6. The summed E-state index contributed by atoms with van der Waals surface area (Å²) in [4.78, 5) is 34.0. The van der Waals surface area contributed by atoms with E-state index in [4.69, 9.17) is 4.42 Å². The third kappa shape index (κ3) is 2.62. The molecule has 0 aliphatic carbocycles. The molecule has 0 N–H and O–H groups in total. The van der Waals surface area contributed by atoms with Gasteiger partial charge in [0.25, 0.3) is 11.8 Å². The maximum absolute atomic E-state index is 13.1. The molecular weight excluding hydrogens is 356 g/mol. The first-order valence-electron chi connectivity index (χ1n) is 9.35. The molecule has 2 aliphatic rings. The topological polar surface area (TPSA) is 71.6 Å². The van der Waals surface area contributed by atoms with Gasteiger partial charge in [-0.25, -0.2) is 0 Å². The number of hydrogen-bond acceptors (Lipinski definition) is 4. The molecule has 7 heteroatoms. The summed E-state index contributed by atoms with van der Waals surface area (Å²) in [5.41, 5.74) is 1.49. The highest BCUT2D eigenvalue weighted by molar-refractivity contribution is 5.95. The van der Waals surface area contributed by atoms with Crippen LogP contribution in [-0.4, -0.2) is 50.3 Å². The number of pyridine rings is 1. The largest absolute Gasteiger partial charge is 0.456 e. The molecule has 1 fully saturated rings. The zero-order valence-electron chi connectivity index (χ0n) is 15.5.